The number of carbonyl (C=O) groups is 2. The van der Waals surface area contributed by atoms with Crippen LogP contribution in [-0.4, -0.2) is 38.4 Å². The van der Waals surface area contributed by atoms with Gasteiger partial charge in [-0.25, -0.2) is 4.39 Å². The van der Waals surface area contributed by atoms with Gasteiger partial charge in [0.15, 0.2) is 9.74 Å². The summed E-state index contributed by atoms with van der Waals surface area (Å²) in [5.41, 5.74) is -0.263. The first kappa shape index (κ1) is 16.7. The number of likely N-dealkylation sites (N-methyl/N-ethyl adjacent to an activating group) is 1. The Balaban J connectivity index is 1.93. The van der Waals surface area contributed by atoms with Crippen LogP contribution in [0.1, 0.15) is 31.9 Å². The first-order chi connectivity index (χ1) is 11.7. The number of nitrogens with zero attached hydrogens (tertiary/aromatic N) is 3. The molecule has 4 heterocycles. The molecular weight excluding hydrogens is 361 g/mol. The minimum Gasteiger partial charge on any atom is -0.319 e. The molecule has 1 spiro atoms. The van der Waals surface area contributed by atoms with Crippen molar-refractivity contribution < 1.29 is 14.0 Å². The highest BCUT2D eigenvalue weighted by Crippen LogP contribution is 2.69. The number of amides is 2. The van der Waals surface area contributed by atoms with E-state index in [1.54, 1.807) is 37.9 Å². The maximum absolute atomic E-state index is 13.4. The summed E-state index contributed by atoms with van der Waals surface area (Å²) in [4.78, 5) is 27.4. The fourth-order valence-electron chi connectivity index (χ4n) is 4.07. The third-order valence-corrected chi connectivity index (χ3v) is 9.23. The quantitative estimate of drug-likeness (QED) is 0.704. The summed E-state index contributed by atoms with van der Waals surface area (Å²) in [5.74, 6) is -0.703. The summed E-state index contributed by atoms with van der Waals surface area (Å²) in [6.07, 6.45) is 0.251. The van der Waals surface area contributed by atoms with Gasteiger partial charge >= 0.3 is 0 Å². The summed E-state index contributed by atoms with van der Waals surface area (Å²) >= 11 is 0. The van der Waals surface area contributed by atoms with Crippen molar-refractivity contribution in [2.75, 3.05) is 7.05 Å². The Morgan fingerprint density at radius 2 is 1.84 bits per heavy atom. The van der Waals surface area contributed by atoms with E-state index in [9.17, 15) is 19.2 Å². The van der Waals surface area contributed by atoms with Crippen molar-refractivity contribution in [1.82, 2.24) is 9.80 Å². The van der Waals surface area contributed by atoms with Crippen LogP contribution in [0.2, 0.25) is 0 Å². The Labute approximate surface area is 152 Å². The van der Waals surface area contributed by atoms with Gasteiger partial charge in [0.2, 0.25) is 0 Å². The third-order valence-electron chi connectivity index (χ3n) is 5.54. The average Bonchev–Trinajstić information content (AvgIpc) is 2.87. The minimum absolute atomic E-state index is 0.149. The van der Waals surface area contributed by atoms with Gasteiger partial charge in [-0.1, -0.05) is 33.7 Å². The molecule has 4 aliphatic heterocycles. The molecule has 4 saturated heterocycles. The summed E-state index contributed by atoms with van der Waals surface area (Å²) in [6.45, 7) is 3.51. The van der Waals surface area contributed by atoms with Crippen molar-refractivity contribution in [3.8, 4) is 6.07 Å². The van der Waals surface area contributed by atoms with Crippen molar-refractivity contribution >= 4 is 33.4 Å². The van der Waals surface area contributed by atoms with Gasteiger partial charge in [0.1, 0.15) is 5.82 Å². The maximum Gasteiger partial charge on any atom is 0.261 e. The lowest BCUT2D eigenvalue weighted by Gasteiger charge is -2.57. The first-order valence-electron chi connectivity index (χ1n) is 7.85. The zero-order valence-electron chi connectivity index (χ0n) is 13.9. The molecule has 0 unspecified atom stereocenters. The van der Waals surface area contributed by atoms with E-state index in [0.717, 1.165) is 0 Å². The van der Waals surface area contributed by atoms with Gasteiger partial charge in [-0.15, -0.1) is 0 Å². The first-order valence-corrected chi connectivity index (χ1v) is 10.0. The van der Waals surface area contributed by atoms with Crippen LogP contribution in [-0.2, 0) is 9.59 Å². The minimum atomic E-state index is -1.09. The smallest absolute Gasteiger partial charge is 0.261 e. The second-order valence-electron chi connectivity index (χ2n) is 7.13. The number of nitriles is 1. The molecule has 4 atom stereocenters. The molecule has 0 saturated carbocycles. The fraction of sp³-hybridized carbons (Fsp3) is 0.471. The van der Waals surface area contributed by atoms with Gasteiger partial charge < -0.3 is 9.80 Å². The number of rotatable bonds is 1. The standard InChI is InChI=1S/C17H16FN3O2S2/c1-15(9-19)8-17-14(23)20(3)16(2,24-25-17)13(22)21(17)12(15)10-4-6-11(18)7-5-10/h4-7,12H,8H2,1-3H3/t12-,15+,16-,17-/m0/s1. The van der Waals surface area contributed by atoms with Crippen LogP contribution in [0.4, 0.5) is 4.39 Å². The van der Waals surface area contributed by atoms with Crippen LogP contribution in [0.5, 0.6) is 0 Å². The second-order valence-corrected chi connectivity index (χ2v) is 9.94. The van der Waals surface area contributed by atoms with Crippen molar-refractivity contribution in [2.24, 2.45) is 5.41 Å². The lowest BCUT2D eigenvalue weighted by molar-refractivity contribution is -0.164. The molecule has 2 amide bonds. The topological polar surface area (TPSA) is 64.4 Å². The monoisotopic (exact) mass is 377 g/mol. The predicted molar refractivity (Wildman–Crippen MR) is 93.4 cm³/mol. The third kappa shape index (κ3) is 1.86. The molecule has 2 bridgehead atoms. The van der Waals surface area contributed by atoms with Crippen LogP contribution >= 0.6 is 21.6 Å². The van der Waals surface area contributed by atoms with Crippen molar-refractivity contribution in [3.63, 3.8) is 0 Å². The Morgan fingerprint density at radius 1 is 1.20 bits per heavy atom. The Morgan fingerprint density at radius 3 is 2.44 bits per heavy atom. The Kier molecular flexibility index (Phi) is 3.29. The highest BCUT2D eigenvalue weighted by atomic mass is 33.1. The molecular formula is C17H16FN3O2S2. The molecule has 8 heteroatoms. The zero-order valence-corrected chi connectivity index (χ0v) is 15.6. The molecule has 1 aromatic rings. The van der Waals surface area contributed by atoms with E-state index >= 15 is 0 Å². The van der Waals surface area contributed by atoms with E-state index in [1.807, 2.05) is 0 Å². The largest absolute Gasteiger partial charge is 0.319 e. The number of benzene rings is 1. The number of piperazine rings is 1. The van der Waals surface area contributed by atoms with Gasteiger partial charge in [0.05, 0.1) is 17.5 Å². The molecule has 0 N–H and O–H groups in total. The molecule has 0 aliphatic carbocycles. The van der Waals surface area contributed by atoms with E-state index in [-0.39, 0.29) is 24.1 Å². The lowest BCUT2D eigenvalue weighted by Crippen LogP contribution is -2.73. The van der Waals surface area contributed by atoms with E-state index < -0.39 is 21.2 Å². The fourth-order valence-corrected chi connectivity index (χ4v) is 7.65. The van der Waals surface area contributed by atoms with E-state index in [0.29, 0.717) is 5.56 Å². The van der Waals surface area contributed by atoms with E-state index in [2.05, 4.69) is 6.07 Å². The normalized spacial score (nSPS) is 39.6. The Hall–Kier alpha value is -1.72. The number of fused-ring (bicyclic) bond motifs is 2. The number of carbonyl (C=O) groups excluding carboxylic acids is 2. The average molecular weight is 377 g/mol. The van der Waals surface area contributed by atoms with Crippen LogP contribution < -0.4 is 0 Å². The van der Waals surface area contributed by atoms with E-state index in [1.165, 1.54) is 38.6 Å². The molecule has 1 aromatic carbocycles. The molecule has 5 nitrogen and oxygen atoms in total. The van der Waals surface area contributed by atoms with Crippen LogP contribution in [0, 0.1) is 22.6 Å². The van der Waals surface area contributed by atoms with Crippen molar-refractivity contribution in [2.45, 2.75) is 36.1 Å². The predicted octanol–water partition coefficient (Wildman–Crippen LogP) is 2.91. The summed E-state index contributed by atoms with van der Waals surface area (Å²) in [6, 6.07) is 7.57. The number of hydrogen-bond acceptors (Lipinski definition) is 5. The van der Waals surface area contributed by atoms with Crippen LogP contribution in [0.3, 0.4) is 0 Å². The van der Waals surface area contributed by atoms with Crippen LogP contribution in [0.25, 0.3) is 0 Å². The SMILES string of the molecule is CN1C(=O)[C@@]23C[C@](C)(C#N)[C@H](c4ccc(F)cc4)N2C(=O)[C@]1(C)SS3. The highest BCUT2D eigenvalue weighted by Gasteiger charge is 2.74. The number of halogens is 1. The summed E-state index contributed by atoms with van der Waals surface area (Å²) < 4.78 is 13.4. The molecule has 4 aliphatic rings. The Bertz CT molecular complexity index is 841. The number of hydrogen-bond donors (Lipinski definition) is 0. The van der Waals surface area contributed by atoms with Gasteiger partial charge in [-0.2, -0.15) is 5.26 Å². The molecule has 0 radical (unpaired) electrons. The molecule has 0 aromatic heterocycles. The molecule has 4 fully saturated rings. The highest BCUT2D eigenvalue weighted by molar-refractivity contribution is 8.78. The van der Waals surface area contributed by atoms with E-state index in [4.69, 9.17) is 0 Å². The van der Waals surface area contributed by atoms with Crippen LogP contribution in [0.15, 0.2) is 24.3 Å². The van der Waals surface area contributed by atoms with Crippen molar-refractivity contribution in [3.05, 3.63) is 35.6 Å². The zero-order chi connectivity index (χ0) is 18.2. The van der Waals surface area contributed by atoms with Crippen molar-refractivity contribution in [1.29, 1.82) is 5.26 Å². The van der Waals surface area contributed by atoms with Gasteiger partial charge in [-0.3, -0.25) is 9.59 Å². The molecule has 25 heavy (non-hydrogen) atoms. The maximum atomic E-state index is 13.4. The molecule has 130 valence electrons. The second kappa shape index (κ2) is 4.92. The summed E-state index contributed by atoms with van der Waals surface area (Å²) in [7, 11) is 4.38. The lowest BCUT2D eigenvalue weighted by atomic mass is 9.79. The summed E-state index contributed by atoms with van der Waals surface area (Å²) in [5, 5.41) is 9.88. The van der Waals surface area contributed by atoms with Gasteiger partial charge in [-0.05, 0) is 31.5 Å². The van der Waals surface area contributed by atoms with Gasteiger partial charge in [0.25, 0.3) is 11.8 Å². The molecule has 5 rings (SSSR count). The van der Waals surface area contributed by atoms with Gasteiger partial charge in [0, 0.05) is 13.5 Å².